The van der Waals surface area contributed by atoms with E-state index in [1.165, 1.54) is 0 Å². The highest BCUT2D eigenvalue weighted by Gasteiger charge is 2.45. The average Bonchev–Trinajstić information content (AvgIpc) is 3.12. The second-order valence-electron chi connectivity index (χ2n) is 6.85. The highest BCUT2D eigenvalue weighted by atomic mass is 16.3. The number of aliphatic hydroxyl groups is 1. The number of fused-ring (bicyclic) bond motifs is 1. The molecule has 2 atom stereocenters. The Morgan fingerprint density at radius 3 is 2.91 bits per heavy atom. The number of aromatic nitrogens is 1. The number of benzene rings is 1. The van der Waals surface area contributed by atoms with Gasteiger partial charge in [-0.15, -0.1) is 0 Å². The van der Waals surface area contributed by atoms with Crippen LogP contribution in [0.4, 0.5) is 0 Å². The Labute approximate surface area is 130 Å². The number of nitrogens with one attached hydrogen (secondary N) is 1. The molecule has 2 aliphatic rings. The third-order valence-corrected chi connectivity index (χ3v) is 5.57. The molecular formula is C18H22N2O2. The number of H-pyrrole nitrogens is 1. The monoisotopic (exact) mass is 298 g/mol. The highest BCUT2D eigenvalue weighted by Crippen LogP contribution is 2.45. The van der Waals surface area contributed by atoms with E-state index in [9.17, 15) is 9.90 Å². The number of carbonyl (C=O) groups excluding carboxylic acids is 1. The second kappa shape index (κ2) is 5.13. The Morgan fingerprint density at radius 2 is 2.09 bits per heavy atom. The fourth-order valence-corrected chi connectivity index (χ4v) is 4.35. The number of hydrogen-bond donors (Lipinski definition) is 2. The van der Waals surface area contributed by atoms with Crippen molar-refractivity contribution in [2.75, 3.05) is 13.1 Å². The molecule has 0 radical (unpaired) electrons. The van der Waals surface area contributed by atoms with Gasteiger partial charge in [-0.3, -0.25) is 4.79 Å². The van der Waals surface area contributed by atoms with Gasteiger partial charge in [0.2, 0.25) is 0 Å². The van der Waals surface area contributed by atoms with Crippen molar-refractivity contribution in [2.24, 2.45) is 5.41 Å². The SMILES string of the molecule is O=C(c1c[nH]c2ccccc12)N1CCC[C@]2(CCC[C@H]2O)C1. The third-order valence-electron chi connectivity index (χ3n) is 5.57. The van der Waals surface area contributed by atoms with Crippen molar-refractivity contribution in [1.29, 1.82) is 0 Å². The summed E-state index contributed by atoms with van der Waals surface area (Å²) in [4.78, 5) is 18.1. The number of para-hydroxylation sites is 1. The lowest BCUT2D eigenvalue weighted by Gasteiger charge is -2.42. The molecule has 1 aromatic carbocycles. The van der Waals surface area contributed by atoms with Gasteiger partial charge >= 0.3 is 0 Å². The van der Waals surface area contributed by atoms with Crippen molar-refractivity contribution in [3.8, 4) is 0 Å². The van der Waals surface area contributed by atoms with E-state index in [1.54, 1.807) is 0 Å². The first-order valence-electron chi connectivity index (χ1n) is 8.23. The largest absolute Gasteiger partial charge is 0.392 e. The summed E-state index contributed by atoms with van der Waals surface area (Å²) in [6, 6.07) is 7.91. The molecule has 1 saturated heterocycles. The van der Waals surface area contributed by atoms with E-state index in [0.717, 1.165) is 55.1 Å². The van der Waals surface area contributed by atoms with Crippen molar-refractivity contribution in [1.82, 2.24) is 9.88 Å². The van der Waals surface area contributed by atoms with Gasteiger partial charge in [-0.25, -0.2) is 0 Å². The number of aromatic amines is 1. The molecular weight excluding hydrogens is 276 g/mol. The first-order chi connectivity index (χ1) is 10.7. The normalized spacial score (nSPS) is 28.6. The number of rotatable bonds is 1. The number of amides is 1. The van der Waals surface area contributed by atoms with Crippen LogP contribution in [0.1, 0.15) is 42.5 Å². The van der Waals surface area contributed by atoms with E-state index >= 15 is 0 Å². The first kappa shape index (κ1) is 13.8. The minimum absolute atomic E-state index is 0.0555. The predicted molar refractivity (Wildman–Crippen MR) is 85.7 cm³/mol. The van der Waals surface area contributed by atoms with Crippen molar-refractivity contribution in [3.63, 3.8) is 0 Å². The van der Waals surface area contributed by atoms with Gasteiger partial charge in [0.15, 0.2) is 0 Å². The van der Waals surface area contributed by atoms with Gasteiger partial charge in [0, 0.05) is 35.6 Å². The zero-order chi connectivity index (χ0) is 15.2. The zero-order valence-corrected chi connectivity index (χ0v) is 12.7. The Kier molecular flexibility index (Phi) is 3.22. The summed E-state index contributed by atoms with van der Waals surface area (Å²) < 4.78 is 0. The predicted octanol–water partition coefficient (Wildman–Crippen LogP) is 2.94. The molecule has 22 heavy (non-hydrogen) atoms. The molecule has 4 rings (SSSR count). The third kappa shape index (κ3) is 2.05. The summed E-state index contributed by atoms with van der Waals surface area (Å²) in [6.45, 7) is 1.50. The molecule has 2 heterocycles. The summed E-state index contributed by atoms with van der Waals surface area (Å²) in [7, 11) is 0. The summed E-state index contributed by atoms with van der Waals surface area (Å²) in [5.74, 6) is 0.0932. The lowest BCUT2D eigenvalue weighted by Crippen LogP contribution is -2.49. The lowest BCUT2D eigenvalue weighted by molar-refractivity contribution is -0.00529. The van der Waals surface area contributed by atoms with Gasteiger partial charge in [0.1, 0.15) is 0 Å². The number of likely N-dealkylation sites (tertiary alicyclic amines) is 1. The summed E-state index contributed by atoms with van der Waals surface area (Å²) in [6.07, 6.45) is 6.62. The van der Waals surface area contributed by atoms with Crippen LogP contribution >= 0.6 is 0 Å². The molecule has 116 valence electrons. The van der Waals surface area contributed by atoms with E-state index in [0.29, 0.717) is 6.54 Å². The quantitative estimate of drug-likeness (QED) is 0.850. The summed E-state index contributed by atoms with van der Waals surface area (Å²) in [5, 5.41) is 11.3. The zero-order valence-electron chi connectivity index (χ0n) is 12.7. The fourth-order valence-electron chi connectivity index (χ4n) is 4.35. The molecule has 0 bridgehead atoms. The number of piperidine rings is 1. The number of hydrogen-bond acceptors (Lipinski definition) is 2. The maximum Gasteiger partial charge on any atom is 0.256 e. The Balaban J connectivity index is 1.62. The van der Waals surface area contributed by atoms with Crippen LogP contribution in [-0.2, 0) is 0 Å². The van der Waals surface area contributed by atoms with Crippen LogP contribution in [0.3, 0.4) is 0 Å². The number of carbonyl (C=O) groups is 1. The van der Waals surface area contributed by atoms with Crippen LogP contribution in [-0.4, -0.2) is 40.1 Å². The van der Waals surface area contributed by atoms with Crippen molar-refractivity contribution in [2.45, 2.75) is 38.2 Å². The summed E-state index contributed by atoms with van der Waals surface area (Å²) in [5.41, 5.74) is 1.69. The van der Waals surface area contributed by atoms with Crippen molar-refractivity contribution >= 4 is 16.8 Å². The number of nitrogens with zero attached hydrogens (tertiary/aromatic N) is 1. The van der Waals surface area contributed by atoms with E-state index < -0.39 is 0 Å². The van der Waals surface area contributed by atoms with Crippen LogP contribution in [0.2, 0.25) is 0 Å². The van der Waals surface area contributed by atoms with Crippen LogP contribution in [0.25, 0.3) is 10.9 Å². The smallest absolute Gasteiger partial charge is 0.256 e. The molecule has 4 nitrogen and oxygen atoms in total. The topological polar surface area (TPSA) is 56.3 Å². The minimum Gasteiger partial charge on any atom is -0.392 e. The van der Waals surface area contributed by atoms with Crippen LogP contribution in [0.5, 0.6) is 0 Å². The van der Waals surface area contributed by atoms with Gasteiger partial charge in [0.05, 0.1) is 11.7 Å². The molecule has 0 unspecified atom stereocenters. The fraction of sp³-hybridized carbons (Fsp3) is 0.500. The van der Waals surface area contributed by atoms with Crippen LogP contribution in [0, 0.1) is 5.41 Å². The highest BCUT2D eigenvalue weighted by molar-refractivity contribution is 6.06. The molecule has 1 spiro atoms. The molecule has 2 N–H and O–H groups in total. The molecule has 1 aromatic heterocycles. The van der Waals surface area contributed by atoms with Crippen molar-refractivity contribution < 1.29 is 9.90 Å². The Bertz CT molecular complexity index is 708. The summed E-state index contributed by atoms with van der Waals surface area (Å²) >= 11 is 0. The maximum atomic E-state index is 12.9. The van der Waals surface area contributed by atoms with Gasteiger partial charge in [0.25, 0.3) is 5.91 Å². The molecule has 2 fully saturated rings. The molecule has 1 amide bonds. The van der Waals surface area contributed by atoms with Gasteiger partial charge in [-0.2, -0.15) is 0 Å². The van der Waals surface area contributed by atoms with E-state index in [4.69, 9.17) is 0 Å². The van der Waals surface area contributed by atoms with Gasteiger partial charge in [-0.1, -0.05) is 24.6 Å². The first-order valence-corrected chi connectivity index (χ1v) is 8.23. The Morgan fingerprint density at radius 1 is 1.27 bits per heavy atom. The molecule has 1 aliphatic heterocycles. The Hall–Kier alpha value is -1.81. The van der Waals surface area contributed by atoms with Crippen LogP contribution in [0.15, 0.2) is 30.5 Å². The van der Waals surface area contributed by atoms with Gasteiger partial charge in [-0.05, 0) is 31.7 Å². The lowest BCUT2D eigenvalue weighted by atomic mass is 9.76. The van der Waals surface area contributed by atoms with Crippen LogP contribution < -0.4 is 0 Å². The number of aliphatic hydroxyl groups excluding tert-OH is 1. The van der Waals surface area contributed by atoms with E-state index in [2.05, 4.69) is 4.98 Å². The van der Waals surface area contributed by atoms with Crippen molar-refractivity contribution in [3.05, 3.63) is 36.0 Å². The van der Waals surface area contributed by atoms with E-state index in [1.807, 2.05) is 35.4 Å². The average molecular weight is 298 g/mol. The standard InChI is InChI=1S/C18H22N2O2/c21-16-7-3-8-18(16)9-4-10-20(12-18)17(22)14-11-19-15-6-2-1-5-13(14)15/h1-2,5-6,11,16,19,21H,3-4,7-10,12H2/t16-,18-/m1/s1. The molecule has 2 aromatic rings. The molecule has 4 heteroatoms. The molecule has 1 saturated carbocycles. The minimum atomic E-state index is -0.244. The van der Waals surface area contributed by atoms with E-state index in [-0.39, 0.29) is 17.4 Å². The molecule has 1 aliphatic carbocycles. The maximum absolute atomic E-state index is 12.9. The van der Waals surface area contributed by atoms with Gasteiger partial charge < -0.3 is 15.0 Å². The second-order valence-corrected chi connectivity index (χ2v) is 6.85.